The predicted octanol–water partition coefficient (Wildman–Crippen LogP) is 2.97. The van der Waals surface area contributed by atoms with Gasteiger partial charge in [-0.25, -0.2) is 0 Å². The van der Waals surface area contributed by atoms with E-state index in [4.69, 9.17) is 4.52 Å². The van der Waals surface area contributed by atoms with Gasteiger partial charge in [0.2, 0.25) is 5.89 Å². The Morgan fingerprint density at radius 3 is 2.85 bits per heavy atom. The maximum absolute atomic E-state index is 5.38. The van der Waals surface area contributed by atoms with Crippen LogP contribution in [0.5, 0.6) is 0 Å². The minimum absolute atomic E-state index is 0.674. The highest BCUT2D eigenvalue weighted by Crippen LogP contribution is 2.20. The highest BCUT2D eigenvalue weighted by molar-refractivity contribution is 9.10. The summed E-state index contributed by atoms with van der Waals surface area (Å²) < 4.78 is 6.47. The molecule has 0 aliphatic carbocycles. The van der Waals surface area contributed by atoms with Gasteiger partial charge in [0.1, 0.15) is 0 Å². The SMILES string of the molecule is Brc1ccccc1Cc1noc(CC2CCNCC2)n1. The lowest BCUT2D eigenvalue weighted by atomic mass is 9.95. The van der Waals surface area contributed by atoms with Gasteiger partial charge in [0.15, 0.2) is 5.82 Å². The molecular formula is C15H18BrN3O. The summed E-state index contributed by atoms with van der Waals surface area (Å²) in [6.07, 6.45) is 4.01. The smallest absolute Gasteiger partial charge is 0.226 e. The molecule has 1 saturated heterocycles. The van der Waals surface area contributed by atoms with Crippen LogP contribution in [0.25, 0.3) is 0 Å². The van der Waals surface area contributed by atoms with Crippen LogP contribution in [0.1, 0.15) is 30.1 Å². The molecule has 2 heterocycles. The van der Waals surface area contributed by atoms with Gasteiger partial charge >= 0.3 is 0 Å². The van der Waals surface area contributed by atoms with Crippen molar-refractivity contribution >= 4 is 15.9 Å². The molecule has 3 rings (SSSR count). The van der Waals surface area contributed by atoms with Crippen molar-refractivity contribution in [3.05, 3.63) is 46.0 Å². The van der Waals surface area contributed by atoms with Crippen molar-refractivity contribution in [2.75, 3.05) is 13.1 Å². The van der Waals surface area contributed by atoms with Crippen molar-refractivity contribution in [3.63, 3.8) is 0 Å². The molecule has 0 bridgehead atoms. The average Bonchev–Trinajstić information content (AvgIpc) is 2.90. The van der Waals surface area contributed by atoms with E-state index in [-0.39, 0.29) is 0 Å². The van der Waals surface area contributed by atoms with Crippen molar-refractivity contribution in [2.45, 2.75) is 25.7 Å². The second kappa shape index (κ2) is 6.50. The molecule has 1 aromatic heterocycles. The Bertz CT molecular complexity index is 564. The molecule has 106 valence electrons. The summed E-state index contributed by atoms with van der Waals surface area (Å²) in [6, 6.07) is 8.14. The molecule has 5 heteroatoms. The molecule has 1 N–H and O–H groups in total. The Morgan fingerprint density at radius 2 is 2.05 bits per heavy atom. The zero-order chi connectivity index (χ0) is 13.8. The Labute approximate surface area is 127 Å². The zero-order valence-electron chi connectivity index (χ0n) is 11.3. The van der Waals surface area contributed by atoms with Crippen LogP contribution in [0.4, 0.5) is 0 Å². The molecule has 0 atom stereocenters. The van der Waals surface area contributed by atoms with Crippen molar-refractivity contribution in [2.24, 2.45) is 5.92 Å². The van der Waals surface area contributed by atoms with Gasteiger partial charge in [0.25, 0.3) is 0 Å². The second-order valence-electron chi connectivity index (χ2n) is 5.27. The largest absolute Gasteiger partial charge is 0.339 e. The van der Waals surface area contributed by atoms with Crippen LogP contribution in [-0.4, -0.2) is 23.2 Å². The number of hydrogen-bond donors (Lipinski definition) is 1. The van der Waals surface area contributed by atoms with E-state index >= 15 is 0 Å². The molecular weight excluding hydrogens is 318 g/mol. The van der Waals surface area contributed by atoms with Crippen LogP contribution in [0, 0.1) is 5.92 Å². The molecule has 0 radical (unpaired) electrons. The van der Waals surface area contributed by atoms with E-state index in [1.54, 1.807) is 0 Å². The first kappa shape index (κ1) is 13.8. The fourth-order valence-corrected chi connectivity index (χ4v) is 3.01. The third kappa shape index (κ3) is 3.46. The Balaban J connectivity index is 1.63. The fourth-order valence-electron chi connectivity index (χ4n) is 2.59. The number of hydrogen-bond acceptors (Lipinski definition) is 4. The lowest BCUT2D eigenvalue weighted by Crippen LogP contribution is -2.28. The zero-order valence-corrected chi connectivity index (χ0v) is 12.9. The number of benzene rings is 1. The minimum atomic E-state index is 0.674. The van der Waals surface area contributed by atoms with Gasteiger partial charge in [-0.2, -0.15) is 4.98 Å². The lowest BCUT2D eigenvalue weighted by Gasteiger charge is -2.20. The van der Waals surface area contributed by atoms with E-state index in [2.05, 4.69) is 37.5 Å². The second-order valence-corrected chi connectivity index (χ2v) is 6.12. The molecule has 1 aromatic carbocycles. The summed E-state index contributed by atoms with van der Waals surface area (Å²) in [6.45, 7) is 2.20. The highest BCUT2D eigenvalue weighted by Gasteiger charge is 2.17. The number of halogens is 1. The fraction of sp³-hybridized carbons (Fsp3) is 0.467. The van der Waals surface area contributed by atoms with Crippen LogP contribution in [0.15, 0.2) is 33.3 Å². The van der Waals surface area contributed by atoms with Crippen molar-refractivity contribution < 1.29 is 4.52 Å². The monoisotopic (exact) mass is 335 g/mol. The standard InChI is InChI=1S/C15H18BrN3O/c16-13-4-2-1-3-12(13)10-14-18-15(20-19-14)9-11-5-7-17-8-6-11/h1-4,11,17H,5-10H2. The molecule has 1 fully saturated rings. The van der Waals surface area contributed by atoms with Crippen molar-refractivity contribution in [1.82, 2.24) is 15.5 Å². The van der Waals surface area contributed by atoms with Gasteiger partial charge in [0, 0.05) is 17.3 Å². The van der Waals surface area contributed by atoms with Gasteiger partial charge in [-0.1, -0.05) is 39.3 Å². The van der Waals surface area contributed by atoms with Crippen LogP contribution in [0.2, 0.25) is 0 Å². The van der Waals surface area contributed by atoms with E-state index in [0.29, 0.717) is 12.3 Å². The predicted molar refractivity (Wildman–Crippen MR) is 80.5 cm³/mol. The normalized spacial score (nSPS) is 16.4. The molecule has 1 aliphatic heterocycles. The maximum Gasteiger partial charge on any atom is 0.226 e. The molecule has 1 aliphatic rings. The minimum Gasteiger partial charge on any atom is -0.339 e. The summed E-state index contributed by atoms with van der Waals surface area (Å²) in [5, 5.41) is 7.47. The van der Waals surface area contributed by atoms with Gasteiger partial charge in [-0.3, -0.25) is 0 Å². The van der Waals surface area contributed by atoms with E-state index in [1.165, 1.54) is 18.4 Å². The Kier molecular flexibility index (Phi) is 4.47. The highest BCUT2D eigenvalue weighted by atomic mass is 79.9. The van der Waals surface area contributed by atoms with Gasteiger partial charge in [-0.05, 0) is 43.5 Å². The molecule has 0 saturated carbocycles. The maximum atomic E-state index is 5.38. The Hall–Kier alpha value is -1.20. The number of aromatic nitrogens is 2. The van der Waals surface area contributed by atoms with E-state index in [1.807, 2.05) is 18.2 Å². The van der Waals surface area contributed by atoms with Gasteiger partial charge < -0.3 is 9.84 Å². The molecule has 0 amide bonds. The average molecular weight is 336 g/mol. The van der Waals surface area contributed by atoms with Crippen molar-refractivity contribution in [3.8, 4) is 0 Å². The first-order valence-corrected chi connectivity index (χ1v) is 7.86. The van der Waals surface area contributed by atoms with E-state index < -0.39 is 0 Å². The first-order chi connectivity index (χ1) is 9.81. The summed E-state index contributed by atoms with van der Waals surface area (Å²) >= 11 is 3.55. The van der Waals surface area contributed by atoms with Crippen LogP contribution >= 0.6 is 15.9 Å². The van der Waals surface area contributed by atoms with E-state index in [9.17, 15) is 0 Å². The number of piperidine rings is 1. The third-order valence-corrected chi connectivity index (χ3v) is 4.51. The quantitative estimate of drug-likeness (QED) is 0.933. The number of nitrogens with zero attached hydrogens (tertiary/aromatic N) is 2. The first-order valence-electron chi connectivity index (χ1n) is 7.07. The topological polar surface area (TPSA) is 51.0 Å². The van der Waals surface area contributed by atoms with Crippen LogP contribution in [0.3, 0.4) is 0 Å². The van der Waals surface area contributed by atoms with Gasteiger partial charge in [-0.15, -0.1) is 0 Å². The summed E-state index contributed by atoms with van der Waals surface area (Å²) in [4.78, 5) is 4.52. The molecule has 4 nitrogen and oxygen atoms in total. The summed E-state index contributed by atoms with van der Waals surface area (Å²) in [5.74, 6) is 2.22. The molecule has 0 unspecified atom stereocenters. The summed E-state index contributed by atoms with van der Waals surface area (Å²) in [5.41, 5.74) is 1.18. The Morgan fingerprint density at radius 1 is 1.25 bits per heavy atom. The van der Waals surface area contributed by atoms with E-state index in [0.717, 1.165) is 35.7 Å². The van der Waals surface area contributed by atoms with Gasteiger partial charge in [0.05, 0.1) is 0 Å². The van der Waals surface area contributed by atoms with Crippen LogP contribution in [-0.2, 0) is 12.8 Å². The number of rotatable bonds is 4. The third-order valence-electron chi connectivity index (χ3n) is 3.74. The number of nitrogens with one attached hydrogen (secondary N) is 1. The van der Waals surface area contributed by atoms with Crippen molar-refractivity contribution in [1.29, 1.82) is 0 Å². The molecule has 0 spiro atoms. The molecule has 20 heavy (non-hydrogen) atoms. The lowest BCUT2D eigenvalue weighted by molar-refractivity contribution is 0.312. The summed E-state index contributed by atoms with van der Waals surface area (Å²) in [7, 11) is 0. The van der Waals surface area contributed by atoms with Crippen LogP contribution < -0.4 is 5.32 Å². The molecule has 2 aromatic rings.